The van der Waals surface area contributed by atoms with E-state index < -0.39 is 0 Å². The first-order valence-electron chi connectivity index (χ1n) is 9.89. The predicted molar refractivity (Wildman–Crippen MR) is 126 cm³/mol. The SMILES string of the molecule is COc1ccc(C(=O)N(CCn2nc(C)cc2C)c2nc3c(C)cc(Cl)cc3s2)cc1. The van der Waals surface area contributed by atoms with Gasteiger partial charge in [-0.25, -0.2) is 4.98 Å². The van der Waals surface area contributed by atoms with Crippen LogP contribution in [0.5, 0.6) is 5.75 Å². The van der Waals surface area contributed by atoms with E-state index in [0.717, 1.165) is 27.2 Å². The van der Waals surface area contributed by atoms with Crippen molar-refractivity contribution in [1.29, 1.82) is 0 Å². The second-order valence-corrected chi connectivity index (χ2v) is 8.85. The van der Waals surface area contributed by atoms with Crippen molar-refractivity contribution >= 4 is 44.2 Å². The molecule has 0 unspecified atom stereocenters. The van der Waals surface area contributed by atoms with Gasteiger partial charge in [0.25, 0.3) is 5.91 Å². The third kappa shape index (κ3) is 4.43. The zero-order chi connectivity index (χ0) is 22.1. The second-order valence-electron chi connectivity index (χ2n) is 7.40. The molecule has 0 atom stereocenters. The summed E-state index contributed by atoms with van der Waals surface area (Å²) in [4.78, 5) is 20.0. The average Bonchev–Trinajstić information content (AvgIpc) is 3.30. The van der Waals surface area contributed by atoms with E-state index in [-0.39, 0.29) is 5.91 Å². The lowest BCUT2D eigenvalue weighted by molar-refractivity contribution is 0.0985. The summed E-state index contributed by atoms with van der Waals surface area (Å²) in [5.74, 6) is 0.586. The van der Waals surface area contributed by atoms with Crippen molar-refractivity contribution in [2.24, 2.45) is 0 Å². The molecule has 0 bridgehead atoms. The predicted octanol–water partition coefficient (Wildman–Crippen LogP) is 5.43. The quantitative estimate of drug-likeness (QED) is 0.390. The van der Waals surface area contributed by atoms with Crippen molar-refractivity contribution in [3.05, 3.63) is 70.0 Å². The van der Waals surface area contributed by atoms with E-state index in [0.29, 0.717) is 34.6 Å². The molecule has 4 rings (SSSR count). The average molecular weight is 455 g/mol. The maximum Gasteiger partial charge on any atom is 0.260 e. The second kappa shape index (κ2) is 8.69. The highest BCUT2D eigenvalue weighted by atomic mass is 35.5. The molecule has 0 saturated carbocycles. The van der Waals surface area contributed by atoms with Crippen LogP contribution in [-0.4, -0.2) is 34.3 Å². The molecule has 0 spiro atoms. The molecule has 0 radical (unpaired) electrons. The third-order valence-electron chi connectivity index (χ3n) is 5.09. The number of hydrogen-bond acceptors (Lipinski definition) is 5. The van der Waals surface area contributed by atoms with Gasteiger partial charge in [-0.15, -0.1) is 0 Å². The van der Waals surface area contributed by atoms with Gasteiger partial charge in [-0.05, 0) is 68.8 Å². The molecule has 4 aromatic rings. The molecule has 160 valence electrons. The number of anilines is 1. The van der Waals surface area contributed by atoms with Crippen LogP contribution in [0.4, 0.5) is 5.13 Å². The van der Waals surface area contributed by atoms with Crippen LogP contribution in [0.3, 0.4) is 0 Å². The highest BCUT2D eigenvalue weighted by Gasteiger charge is 2.22. The lowest BCUT2D eigenvalue weighted by Crippen LogP contribution is -2.34. The van der Waals surface area contributed by atoms with Crippen molar-refractivity contribution < 1.29 is 9.53 Å². The highest BCUT2D eigenvalue weighted by molar-refractivity contribution is 7.22. The summed E-state index contributed by atoms with van der Waals surface area (Å²) in [5.41, 5.74) is 4.43. The fourth-order valence-electron chi connectivity index (χ4n) is 3.53. The van der Waals surface area contributed by atoms with Crippen LogP contribution in [0, 0.1) is 20.8 Å². The number of aromatic nitrogens is 3. The Kier molecular flexibility index (Phi) is 5.98. The van der Waals surface area contributed by atoms with E-state index in [1.165, 1.54) is 11.3 Å². The lowest BCUT2D eigenvalue weighted by atomic mass is 10.2. The summed E-state index contributed by atoms with van der Waals surface area (Å²) in [6.45, 7) is 6.96. The zero-order valence-electron chi connectivity index (χ0n) is 17.8. The van der Waals surface area contributed by atoms with Crippen LogP contribution in [0.25, 0.3) is 10.2 Å². The molecule has 31 heavy (non-hydrogen) atoms. The number of carbonyl (C=O) groups is 1. The Labute approximate surface area is 190 Å². The molecule has 2 heterocycles. The van der Waals surface area contributed by atoms with Crippen molar-refractivity contribution in [3.63, 3.8) is 0 Å². The van der Waals surface area contributed by atoms with E-state index in [1.807, 2.05) is 43.7 Å². The maximum absolute atomic E-state index is 13.5. The van der Waals surface area contributed by atoms with Gasteiger partial charge in [0.2, 0.25) is 0 Å². The van der Waals surface area contributed by atoms with Gasteiger partial charge in [-0.2, -0.15) is 5.10 Å². The molecule has 0 fully saturated rings. The number of nitrogens with zero attached hydrogens (tertiary/aromatic N) is 4. The largest absolute Gasteiger partial charge is 0.497 e. The molecular formula is C23H23ClN4O2S. The number of ether oxygens (including phenoxy) is 1. The summed E-state index contributed by atoms with van der Waals surface area (Å²) < 4.78 is 8.09. The Morgan fingerprint density at radius 1 is 1.16 bits per heavy atom. The van der Waals surface area contributed by atoms with E-state index in [9.17, 15) is 4.79 Å². The minimum absolute atomic E-state index is 0.119. The normalized spacial score (nSPS) is 11.1. The Morgan fingerprint density at radius 2 is 1.90 bits per heavy atom. The van der Waals surface area contributed by atoms with Gasteiger partial charge in [-0.3, -0.25) is 14.4 Å². The van der Waals surface area contributed by atoms with Crippen LogP contribution < -0.4 is 9.64 Å². The lowest BCUT2D eigenvalue weighted by Gasteiger charge is -2.20. The Morgan fingerprint density at radius 3 is 2.55 bits per heavy atom. The van der Waals surface area contributed by atoms with Gasteiger partial charge < -0.3 is 4.74 Å². The van der Waals surface area contributed by atoms with Crippen molar-refractivity contribution in [2.75, 3.05) is 18.6 Å². The third-order valence-corrected chi connectivity index (χ3v) is 6.33. The number of rotatable bonds is 6. The van der Waals surface area contributed by atoms with Crippen LogP contribution in [0.2, 0.25) is 5.02 Å². The number of thiazole rings is 1. The number of carbonyl (C=O) groups excluding carboxylic acids is 1. The van der Waals surface area contributed by atoms with E-state index in [2.05, 4.69) is 5.10 Å². The van der Waals surface area contributed by atoms with Gasteiger partial charge in [0.05, 0.1) is 29.6 Å². The minimum atomic E-state index is -0.119. The van der Waals surface area contributed by atoms with Gasteiger partial charge in [-0.1, -0.05) is 22.9 Å². The van der Waals surface area contributed by atoms with Crippen molar-refractivity contribution in [1.82, 2.24) is 14.8 Å². The number of hydrogen-bond donors (Lipinski definition) is 0. The first-order valence-corrected chi connectivity index (χ1v) is 11.1. The molecular weight excluding hydrogens is 432 g/mol. The topological polar surface area (TPSA) is 60.2 Å². The molecule has 0 aliphatic heterocycles. The fraction of sp³-hybridized carbons (Fsp3) is 0.261. The molecule has 0 N–H and O–H groups in total. The van der Waals surface area contributed by atoms with Gasteiger partial charge in [0.15, 0.2) is 5.13 Å². The van der Waals surface area contributed by atoms with Crippen LogP contribution >= 0.6 is 22.9 Å². The van der Waals surface area contributed by atoms with Crippen LogP contribution in [-0.2, 0) is 6.54 Å². The van der Waals surface area contributed by atoms with Crippen molar-refractivity contribution in [3.8, 4) is 5.75 Å². The first kappa shape index (κ1) is 21.3. The Hall–Kier alpha value is -2.90. The molecule has 0 aliphatic carbocycles. The van der Waals surface area contributed by atoms with Gasteiger partial charge in [0, 0.05) is 22.8 Å². The molecule has 6 nitrogen and oxygen atoms in total. The number of aryl methyl sites for hydroxylation is 3. The van der Waals surface area contributed by atoms with Crippen molar-refractivity contribution in [2.45, 2.75) is 27.3 Å². The van der Waals surface area contributed by atoms with Gasteiger partial charge in [0.1, 0.15) is 5.75 Å². The maximum atomic E-state index is 13.5. The first-order chi connectivity index (χ1) is 14.9. The fourth-order valence-corrected chi connectivity index (χ4v) is 4.97. The Bertz CT molecular complexity index is 1250. The number of benzene rings is 2. The monoisotopic (exact) mass is 454 g/mol. The summed E-state index contributed by atoms with van der Waals surface area (Å²) in [5, 5.41) is 5.83. The number of methoxy groups -OCH3 is 1. The minimum Gasteiger partial charge on any atom is -0.497 e. The molecule has 2 aromatic heterocycles. The van der Waals surface area contributed by atoms with Gasteiger partial charge >= 0.3 is 0 Å². The summed E-state index contributed by atoms with van der Waals surface area (Å²) in [7, 11) is 1.60. The summed E-state index contributed by atoms with van der Waals surface area (Å²) >= 11 is 7.70. The molecule has 1 amide bonds. The van der Waals surface area contributed by atoms with E-state index in [4.69, 9.17) is 21.3 Å². The summed E-state index contributed by atoms with van der Waals surface area (Å²) in [6.07, 6.45) is 0. The number of amides is 1. The zero-order valence-corrected chi connectivity index (χ0v) is 19.4. The number of fused-ring (bicyclic) bond motifs is 1. The molecule has 2 aromatic carbocycles. The molecule has 0 saturated heterocycles. The summed E-state index contributed by atoms with van der Waals surface area (Å²) in [6, 6.07) is 12.9. The smallest absolute Gasteiger partial charge is 0.260 e. The van der Waals surface area contributed by atoms with Crippen LogP contribution in [0.15, 0.2) is 42.5 Å². The van der Waals surface area contributed by atoms with E-state index in [1.54, 1.807) is 36.3 Å². The molecule has 8 heteroatoms. The number of halogens is 1. The van der Waals surface area contributed by atoms with Crippen LogP contribution in [0.1, 0.15) is 27.3 Å². The van der Waals surface area contributed by atoms with E-state index >= 15 is 0 Å². The standard InChI is InChI=1S/C23H23ClN4O2S/c1-14-11-18(24)13-20-21(14)25-23(31-20)27(9-10-28-16(3)12-15(2)26-28)22(29)17-5-7-19(30-4)8-6-17/h5-8,11-13H,9-10H2,1-4H3. The Balaban J connectivity index is 1.71. The molecule has 0 aliphatic rings. The highest BCUT2D eigenvalue weighted by Crippen LogP contribution is 2.33.